The van der Waals surface area contributed by atoms with E-state index < -0.39 is 0 Å². The van der Waals surface area contributed by atoms with Crippen LogP contribution in [-0.4, -0.2) is 49.2 Å². The van der Waals surface area contributed by atoms with Gasteiger partial charge < -0.3 is 20.0 Å². The van der Waals surface area contributed by atoms with Gasteiger partial charge in [-0.1, -0.05) is 0 Å². The number of pyridine rings is 1. The lowest BCUT2D eigenvalue weighted by molar-refractivity contribution is 0.302. The minimum absolute atomic E-state index is 0.732. The van der Waals surface area contributed by atoms with Crippen LogP contribution in [0.15, 0.2) is 29.0 Å². The quantitative estimate of drug-likeness (QED) is 0.901. The van der Waals surface area contributed by atoms with Crippen molar-refractivity contribution in [3.8, 4) is 0 Å². The van der Waals surface area contributed by atoms with Crippen molar-refractivity contribution in [2.75, 3.05) is 44.2 Å². The van der Waals surface area contributed by atoms with Crippen LogP contribution in [0.5, 0.6) is 0 Å². The minimum Gasteiger partial charge on any atom is -0.464 e. The summed E-state index contributed by atoms with van der Waals surface area (Å²) in [5.41, 5.74) is 6.55. The molecule has 0 saturated carbocycles. The first kappa shape index (κ1) is 12.4. The van der Waals surface area contributed by atoms with Gasteiger partial charge in [0.2, 0.25) is 0 Å². The molecule has 1 aliphatic rings. The number of fused-ring (bicyclic) bond motifs is 1. The molecule has 0 aromatic carbocycles. The highest BCUT2D eigenvalue weighted by molar-refractivity contribution is 5.88. The average Bonchev–Trinajstić information content (AvgIpc) is 2.79. The maximum atomic E-state index is 5.64. The van der Waals surface area contributed by atoms with Crippen molar-refractivity contribution in [2.24, 2.45) is 5.73 Å². The number of hydrogen-bond donors (Lipinski definition) is 1. The van der Waals surface area contributed by atoms with Crippen molar-refractivity contribution >= 4 is 16.8 Å². The predicted molar refractivity (Wildman–Crippen MR) is 76.3 cm³/mol. The average molecular weight is 260 g/mol. The van der Waals surface area contributed by atoms with Crippen molar-refractivity contribution in [3.05, 3.63) is 24.6 Å². The number of nitrogens with two attached hydrogens (primary N) is 1. The van der Waals surface area contributed by atoms with Crippen molar-refractivity contribution in [1.29, 1.82) is 0 Å². The molecule has 3 rings (SSSR count). The summed E-state index contributed by atoms with van der Waals surface area (Å²) in [5, 5.41) is 1.11. The summed E-state index contributed by atoms with van der Waals surface area (Å²) in [6, 6.07) is 3.91. The van der Waals surface area contributed by atoms with E-state index in [1.54, 1.807) is 6.26 Å². The molecule has 5 heteroatoms. The molecule has 19 heavy (non-hydrogen) atoms. The Balaban J connectivity index is 1.80. The maximum Gasteiger partial charge on any atom is 0.139 e. The van der Waals surface area contributed by atoms with E-state index in [2.05, 4.69) is 14.8 Å². The van der Waals surface area contributed by atoms with Gasteiger partial charge in [0, 0.05) is 38.9 Å². The summed E-state index contributed by atoms with van der Waals surface area (Å²) in [4.78, 5) is 9.32. The second-order valence-corrected chi connectivity index (χ2v) is 4.94. The van der Waals surface area contributed by atoms with E-state index in [4.69, 9.17) is 10.2 Å². The topological polar surface area (TPSA) is 58.5 Å². The maximum absolute atomic E-state index is 5.64. The molecule has 0 atom stereocenters. The Morgan fingerprint density at radius 1 is 1.21 bits per heavy atom. The third-order valence-corrected chi connectivity index (χ3v) is 3.69. The van der Waals surface area contributed by atoms with Gasteiger partial charge in [-0.2, -0.15) is 0 Å². The number of rotatable bonds is 3. The molecule has 1 aliphatic heterocycles. The lowest BCUT2D eigenvalue weighted by Gasteiger charge is -2.22. The first-order valence-corrected chi connectivity index (χ1v) is 6.88. The van der Waals surface area contributed by atoms with Gasteiger partial charge in [-0.25, -0.2) is 4.98 Å². The van der Waals surface area contributed by atoms with Gasteiger partial charge in [0.05, 0.1) is 11.6 Å². The van der Waals surface area contributed by atoms with Crippen LogP contribution in [0.25, 0.3) is 11.0 Å². The van der Waals surface area contributed by atoms with Gasteiger partial charge in [-0.15, -0.1) is 0 Å². The third-order valence-electron chi connectivity index (χ3n) is 3.69. The zero-order valence-electron chi connectivity index (χ0n) is 11.1. The molecule has 2 N–H and O–H groups in total. The smallest absolute Gasteiger partial charge is 0.139 e. The van der Waals surface area contributed by atoms with Crippen LogP contribution in [0.1, 0.15) is 6.42 Å². The zero-order valence-corrected chi connectivity index (χ0v) is 11.1. The molecule has 3 heterocycles. The van der Waals surface area contributed by atoms with Crippen LogP contribution in [0.2, 0.25) is 0 Å². The van der Waals surface area contributed by atoms with E-state index in [0.717, 1.165) is 62.5 Å². The van der Waals surface area contributed by atoms with E-state index >= 15 is 0 Å². The van der Waals surface area contributed by atoms with Gasteiger partial charge in [0.1, 0.15) is 11.4 Å². The van der Waals surface area contributed by atoms with Crippen LogP contribution < -0.4 is 10.6 Å². The van der Waals surface area contributed by atoms with Gasteiger partial charge in [0.25, 0.3) is 0 Å². The Kier molecular flexibility index (Phi) is 3.66. The summed E-state index contributed by atoms with van der Waals surface area (Å²) in [7, 11) is 0. The van der Waals surface area contributed by atoms with E-state index in [-0.39, 0.29) is 0 Å². The SMILES string of the molecule is NCCN1CCCN(c2nccc3occc23)CC1. The molecule has 2 aromatic rings. The number of anilines is 1. The van der Waals surface area contributed by atoms with E-state index in [1.165, 1.54) is 0 Å². The van der Waals surface area contributed by atoms with Crippen LogP contribution in [0.3, 0.4) is 0 Å². The van der Waals surface area contributed by atoms with Crippen molar-refractivity contribution in [3.63, 3.8) is 0 Å². The van der Waals surface area contributed by atoms with Gasteiger partial charge in [0.15, 0.2) is 0 Å². The number of aromatic nitrogens is 1. The van der Waals surface area contributed by atoms with E-state index in [0.29, 0.717) is 0 Å². The molecule has 0 bridgehead atoms. The molecule has 0 spiro atoms. The summed E-state index contributed by atoms with van der Waals surface area (Å²) in [6.45, 7) is 5.92. The molecule has 0 unspecified atom stereocenters. The Bertz CT molecular complexity index is 539. The summed E-state index contributed by atoms with van der Waals surface area (Å²) in [6.07, 6.45) is 4.70. The fraction of sp³-hybridized carbons (Fsp3) is 0.500. The molecule has 0 aliphatic carbocycles. The lowest BCUT2D eigenvalue weighted by atomic mass is 10.3. The van der Waals surface area contributed by atoms with Crippen LogP contribution >= 0.6 is 0 Å². The fourth-order valence-corrected chi connectivity index (χ4v) is 2.72. The van der Waals surface area contributed by atoms with E-state index in [9.17, 15) is 0 Å². The predicted octanol–water partition coefficient (Wildman–Crippen LogP) is 1.30. The highest BCUT2D eigenvalue weighted by Gasteiger charge is 2.17. The van der Waals surface area contributed by atoms with Gasteiger partial charge >= 0.3 is 0 Å². The minimum atomic E-state index is 0.732. The van der Waals surface area contributed by atoms with Crippen LogP contribution in [0.4, 0.5) is 5.82 Å². The van der Waals surface area contributed by atoms with Gasteiger partial charge in [-0.3, -0.25) is 0 Å². The molecule has 1 saturated heterocycles. The molecule has 1 fully saturated rings. The Labute approximate surface area is 113 Å². The molecular formula is C14H20N4O. The summed E-state index contributed by atoms with van der Waals surface area (Å²) in [5.74, 6) is 1.04. The Morgan fingerprint density at radius 3 is 3.05 bits per heavy atom. The van der Waals surface area contributed by atoms with Crippen molar-refractivity contribution in [1.82, 2.24) is 9.88 Å². The van der Waals surface area contributed by atoms with Gasteiger partial charge in [-0.05, 0) is 25.1 Å². The third kappa shape index (κ3) is 2.57. The Morgan fingerprint density at radius 2 is 2.16 bits per heavy atom. The standard InChI is InChI=1S/C14H20N4O/c15-4-8-17-6-1-7-18(10-9-17)14-12-3-11-19-13(12)2-5-16-14/h2-3,5,11H,1,4,6-10,15H2. The molecule has 0 amide bonds. The molecule has 102 valence electrons. The summed E-state index contributed by atoms with van der Waals surface area (Å²) >= 11 is 0. The van der Waals surface area contributed by atoms with E-state index in [1.807, 2.05) is 18.3 Å². The lowest BCUT2D eigenvalue weighted by Crippen LogP contribution is -2.34. The molecule has 0 radical (unpaired) electrons. The largest absolute Gasteiger partial charge is 0.464 e. The van der Waals surface area contributed by atoms with Crippen LogP contribution in [0, 0.1) is 0 Å². The summed E-state index contributed by atoms with van der Waals surface area (Å²) < 4.78 is 5.45. The highest BCUT2D eigenvalue weighted by atomic mass is 16.3. The number of nitrogens with zero attached hydrogens (tertiary/aromatic N) is 3. The normalized spacial score (nSPS) is 17.8. The second kappa shape index (κ2) is 5.59. The highest BCUT2D eigenvalue weighted by Crippen LogP contribution is 2.25. The van der Waals surface area contributed by atoms with Crippen molar-refractivity contribution < 1.29 is 4.42 Å². The number of furan rings is 1. The molecule has 2 aromatic heterocycles. The molecular weight excluding hydrogens is 240 g/mol. The number of hydrogen-bond acceptors (Lipinski definition) is 5. The second-order valence-electron chi connectivity index (χ2n) is 4.94. The first-order chi connectivity index (χ1) is 9.38. The van der Waals surface area contributed by atoms with Crippen molar-refractivity contribution in [2.45, 2.75) is 6.42 Å². The zero-order chi connectivity index (χ0) is 13.1. The monoisotopic (exact) mass is 260 g/mol. The Hall–Kier alpha value is -1.59. The molecule has 5 nitrogen and oxygen atoms in total. The van der Waals surface area contributed by atoms with Crippen LogP contribution in [-0.2, 0) is 0 Å². The fourth-order valence-electron chi connectivity index (χ4n) is 2.72. The first-order valence-electron chi connectivity index (χ1n) is 6.88.